The van der Waals surface area contributed by atoms with Gasteiger partial charge in [-0.2, -0.15) is 5.10 Å². The summed E-state index contributed by atoms with van der Waals surface area (Å²) in [7, 11) is 0. The second-order valence-corrected chi connectivity index (χ2v) is 7.72. The molecule has 1 amide bonds. The van der Waals surface area contributed by atoms with Crippen LogP contribution in [0.15, 0.2) is 88.8 Å². The van der Waals surface area contributed by atoms with Crippen LogP contribution in [0.25, 0.3) is 10.9 Å². The molecular formula is C24H17Cl2N3O4. The number of hydrazone groups is 1. The Morgan fingerprint density at radius 2 is 1.48 bits per heavy atom. The van der Waals surface area contributed by atoms with Crippen LogP contribution in [-0.2, 0) is 4.79 Å². The van der Waals surface area contributed by atoms with Gasteiger partial charge in [0.05, 0.1) is 11.8 Å². The zero-order valence-corrected chi connectivity index (χ0v) is 18.5. The minimum atomic E-state index is -1.38. The molecule has 1 heterocycles. The summed E-state index contributed by atoms with van der Waals surface area (Å²) in [5.41, 5.74) is 3.00. The molecule has 0 saturated heterocycles. The Labute approximate surface area is 198 Å². The number of nitrogens with one attached hydrogen (secondary N) is 2. The number of aromatic amines is 1. The minimum Gasteiger partial charge on any atom is -0.446 e. The molecule has 2 N–H and O–H groups in total. The SMILES string of the molecule is O=C(N/N=C/c1cc2ccccc2[nH]c1=O)C(Oc1ccc(Cl)cc1)Oc1ccc(Cl)cc1. The van der Waals surface area contributed by atoms with Crippen LogP contribution in [0.1, 0.15) is 5.56 Å². The Balaban J connectivity index is 1.51. The first-order chi connectivity index (χ1) is 16.0. The Morgan fingerprint density at radius 3 is 2.09 bits per heavy atom. The van der Waals surface area contributed by atoms with Crippen LogP contribution in [0, 0.1) is 0 Å². The van der Waals surface area contributed by atoms with Crippen LogP contribution >= 0.6 is 23.2 Å². The average Bonchev–Trinajstić information content (AvgIpc) is 2.81. The molecule has 4 rings (SSSR count). The van der Waals surface area contributed by atoms with Crippen LogP contribution in [0.4, 0.5) is 0 Å². The number of nitrogens with zero attached hydrogens (tertiary/aromatic N) is 1. The maximum atomic E-state index is 12.8. The van der Waals surface area contributed by atoms with E-state index in [1.54, 1.807) is 60.7 Å². The number of pyridine rings is 1. The number of fused-ring (bicyclic) bond motifs is 1. The first kappa shape index (κ1) is 22.4. The third-order valence-electron chi connectivity index (χ3n) is 4.49. The van der Waals surface area contributed by atoms with E-state index in [0.29, 0.717) is 27.1 Å². The third-order valence-corrected chi connectivity index (χ3v) is 4.99. The number of carbonyl (C=O) groups excluding carboxylic acids is 1. The smallest absolute Gasteiger partial charge is 0.323 e. The van der Waals surface area contributed by atoms with Crippen molar-refractivity contribution in [1.29, 1.82) is 0 Å². The maximum absolute atomic E-state index is 12.8. The Bertz CT molecular complexity index is 1310. The summed E-state index contributed by atoms with van der Waals surface area (Å²) in [5.74, 6) is 0.0419. The van der Waals surface area contributed by atoms with Gasteiger partial charge in [-0.25, -0.2) is 5.43 Å². The summed E-state index contributed by atoms with van der Waals surface area (Å²) < 4.78 is 11.4. The number of halogens is 2. The van der Waals surface area contributed by atoms with Crippen molar-refractivity contribution >= 4 is 46.2 Å². The standard InChI is InChI=1S/C24H17Cl2N3O4/c25-17-5-9-19(10-6-17)32-24(33-20-11-7-18(26)8-12-20)23(31)29-27-14-16-13-15-3-1-2-4-21(15)28-22(16)30/h1-14,24H,(H,28,30)(H,29,31)/b27-14+. The van der Waals surface area contributed by atoms with E-state index >= 15 is 0 Å². The van der Waals surface area contributed by atoms with Crippen LogP contribution in [0.5, 0.6) is 11.5 Å². The van der Waals surface area contributed by atoms with Crippen molar-refractivity contribution in [3.8, 4) is 11.5 Å². The Morgan fingerprint density at radius 1 is 0.909 bits per heavy atom. The second kappa shape index (κ2) is 10.2. The van der Waals surface area contributed by atoms with Gasteiger partial charge in [0, 0.05) is 15.6 Å². The van der Waals surface area contributed by atoms with Crippen molar-refractivity contribution < 1.29 is 14.3 Å². The quantitative estimate of drug-likeness (QED) is 0.226. The molecular weight excluding hydrogens is 465 g/mol. The lowest BCUT2D eigenvalue weighted by Crippen LogP contribution is -2.40. The lowest BCUT2D eigenvalue weighted by Gasteiger charge is -2.19. The first-order valence-corrected chi connectivity index (χ1v) is 10.5. The molecule has 0 fully saturated rings. The van der Waals surface area contributed by atoms with Crippen molar-refractivity contribution in [2.45, 2.75) is 6.29 Å². The van der Waals surface area contributed by atoms with Gasteiger partial charge in [-0.05, 0) is 66.0 Å². The number of carbonyl (C=O) groups is 1. The van der Waals surface area contributed by atoms with Crippen LogP contribution in [0.3, 0.4) is 0 Å². The van der Waals surface area contributed by atoms with Gasteiger partial charge in [0.15, 0.2) is 0 Å². The van der Waals surface area contributed by atoms with E-state index in [2.05, 4.69) is 15.5 Å². The van der Waals surface area contributed by atoms with E-state index in [0.717, 1.165) is 5.39 Å². The van der Waals surface area contributed by atoms with Gasteiger partial charge < -0.3 is 14.5 Å². The van der Waals surface area contributed by atoms with Crippen molar-refractivity contribution in [2.24, 2.45) is 5.10 Å². The molecule has 1 aromatic heterocycles. The molecule has 4 aromatic rings. The summed E-state index contributed by atoms with van der Waals surface area (Å²) in [6, 6.07) is 21.9. The number of rotatable bonds is 7. The molecule has 0 spiro atoms. The number of hydrogen-bond acceptors (Lipinski definition) is 5. The molecule has 0 atom stereocenters. The van der Waals surface area contributed by atoms with Crippen LogP contribution in [-0.4, -0.2) is 23.4 Å². The minimum absolute atomic E-state index is 0.280. The number of amides is 1. The number of para-hydroxylation sites is 1. The van der Waals surface area contributed by atoms with Gasteiger partial charge in [-0.15, -0.1) is 0 Å². The molecule has 0 aliphatic carbocycles. The fourth-order valence-corrected chi connectivity index (χ4v) is 3.13. The highest BCUT2D eigenvalue weighted by atomic mass is 35.5. The van der Waals surface area contributed by atoms with Gasteiger partial charge in [-0.1, -0.05) is 41.4 Å². The van der Waals surface area contributed by atoms with Crippen LogP contribution in [0.2, 0.25) is 10.0 Å². The van der Waals surface area contributed by atoms with Gasteiger partial charge in [0.2, 0.25) is 0 Å². The molecule has 166 valence electrons. The topological polar surface area (TPSA) is 92.8 Å². The lowest BCUT2D eigenvalue weighted by molar-refractivity contribution is -0.140. The maximum Gasteiger partial charge on any atom is 0.323 e. The molecule has 0 saturated carbocycles. The zero-order valence-electron chi connectivity index (χ0n) is 17.0. The molecule has 0 unspecified atom stereocenters. The molecule has 0 aliphatic heterocycles. The molecule has 7 nitrogen and oxygen atoms in total. The highest BCUT2D eigenvalue weighted by Crippen LogP contribution is 2.20. The second-order valence-electron chi connectivity index (χ2n) is 6.85. The summed E-state index contributed by atoms with van der Waals surface area (Å²) >= 11 is 11.8. The highest BCUT2D eigenvalue weighted by Gasteiger charge is 2.22. The summed E-state index contributed by atoms with van der Waals surface area (Å²) in [5, 5.41) is 5.77. The fraction of sp³-hybridized carbons (Fsp3) is 0.0417. The largest absolute Gasteiger partial charge is 0.446 e. The normalized spacial score (nSPS) is 11.1. The zero-order chi connectivity index (χ0) is 23.2. The van der Waals surface area contributed by atoms with E-state index in [4.69, 9.17) is 32.7 Å². The van der Waals surface area contributed by atoms with E-state index in [9.17, 15) is 9.59 Å². The van der Waals surface area contributed by atoms with Crippen LogP contribution < -0.4 is 20.5 Å². The fourth-order valence-electron chi connectivity index (χ4n) is 2.88. The van der Waals surface area contributed by atoms with E-state index in [1.165, 1.54) is 6.21 Å². The monoisotopic (exact) mass is 481 g/mol. The van der Waals surface area contributed by atoms with Crippen molar-refractivity contribution in [3.05, 3.63) is 105 Å². The van der Waals surface area contributed by atoms with Gasteiger partial charge in [0.1, 0.15) is 11.5 Å². The Kier molecular flexibility index (Phi) is 6.92. The van der Waals surface area contributed by atoms with Gasteiger partial charge >= 0.3 is 12.2 Å². The summed E-state index contributed by atoms with van der Waals surface area (Å²) in [6.07, 6.45) is -0.121. The average molecular weight is 482 g/mol. The predicted molar refractivity (Wildman–Crippen MR) is 128 cm³/mol. The van der Waals surface area contributed by atoms with Crippen molar-refractivity contribution in [1.82, 2.24) is 10.4 Å². The number of aromatic nitrogens is 1. The van der Waals surface area contributed by atoms with E-state index < -0.39 is 12.2 Å². The number of benzene rings is 3. The number of ether oxygens (including phenoxy) is 2. The number of H-pyrrole nitrogens is 1. The van der Waals surface area contributed by atoms with Crippen molar-refractivity contribution in [3.63, 3.8) is 0 Å². The molecule has 0 radical (unpaired) electrons. The molecule has 0 bridgehead atoms. The molecule has 9 heteroatoms. The van der Waals surface area contributed by atoms with E-state index in [-0.39, 0.29) is 11.1 Å². The third kappa shape index (κ3) is 5.91. The molecule has 33 heavy (non-hydrogen) atoms. The van der Waals surface area contributed by atoms with Gasteiger partial charge in [-0.3, -0.25) is 9.59 Å². The lowest BCUT2D eigenvalue weighted by atomic mass is 10.2. The first-order valence-electron chi connectivity index (χ1n) is 9.77. The summed E-state index contributed by atoms with van der Waals surface area (Å²) in [6.45, 7) is 0. The van der Waals surface area contributed by atoms with Crippen molar-refractivity contribution in [2.75, 3.05) is 0 Å². The molecule has 0 aliphatic rings. The predicted octanol–water partition coefficient (Wildman–Crippen LogP) is 4.77. The Hall–Kier alpha value is -3.81. The summed E-state index contributed by atoms with van der Waals surface area (Å²) in [4.78, 5) is 27.8. The molecule has 3 aromatic carbocycles. The van der Waals surface area contributed by atoms with E-state index in [1.807, 2.05) is 18.2 Å². The number of hydrogen-bond donors (Lipinski definition) is 2. The highest BCUT2D eigenvalue weighted by molar-refractivity contribution is 6.30. The van der Waals surface area contributed by atoms with Gasteiger partial charge in [0.25, 0.3) is 5.56 Å².